The normalized spacial score (nSPS) is 20.7. The summed E-state index contributed by atoms with van der Waals surface area (Å²) in [5.74, 6) is -0.256. The largest absolute Gasteiger partial charge is 0.337 e. The monoisotopic (exact) mass is 372 g/mol. The molecule has 2 aliphatic rings. The molecule has 4 rings (SSSR count). The van der Waals surface area contributed by atoms with Gasteiger partial charge in [0, 0.05) is 18.5 Å². The zero-order chi connectivity index (χ0) is 17.7. The fourth-order valence-corrected chi connectivity index (χ4v) is 5.59. The Morgan fingerprint density at radius 1 is 1.24 bits per heavy atom. The van der Waals surface area contributed by atoms with Crippen LogP contribution >= 0.6 is 23.1 Å². The van der Waals surface area contributed by atoms with E-state index in [1.54, 1.807) is 23.3 Å². The Kier molecular flexibility index (Phi) is 3.81. The highest BCUT2D eigenvalue weighted by Crippen LogP contribution is 2.44. The van der Waals surface area contributed by atoms with E-state index in [2.05, 4.69) is 10.5 Å². The topological polar surface area (TPSA) is 66.7 Å². The lowest BCUT2D eigenvalue weighted by atomic mass is 10.2. The Bertz CT molecular complexity index is 1110. The van der Waals surface area contributed by atoms with E-state index in [0.29, 0.717) is 27.0 Å². The second-order valence-electron chi connectivity index (χ2n) is 5.73. The molecule has 0 aliphatic carbocycles. The van der Waals surface area contributed by atoms with Gasteiger partial charge in [0.05, 0.1) is 17.0 Å². The Morgan fingerprint density at radius 3 is 2.64 bits per heavy atom. The van der Waals surface area contributed by atoms with E-state index < -0.39 is 0 Å². The lowest BCUT2D eigenvalue weighted by Gasteiger charge is -2.11. The van der Waals surface area contributed by atoms with Crippen molar-refractivity contribution in [3.05, 3.63) is 43.8 Å². The van der Waals surface area contributed by atoms with Crippen molar-refractivity contribution in [1.82, 2.24) is 9.99 Å². The highest BCUT2D eigenvalue weighted by molar-refractivity contribution is 8.08. The van der Waals surface area contributed by atoms with Gasteiger partial charge in [-0.2, -0.15) is 5.10 Å². The van der Waals surface area contributed by atoms with Crippen molar-refractivity contribution in [3.63, 3.8) is 0 Å². The summed E-state index contributed by atoms with van der Waals surface area (Å²) in [5.41, 5.74) is 4.59. The summed E-state index contributed by atoms with van der Waals surface area (Å²) in [6, 6.07) is 8.07. The molecule has 1 aromatic carbocycles. The first-order chi connectivity index (χ1) is 12.0. The van der Waals surface area contributed by atoms with Crippen LogP contribution in [-0.2, 0) is 11.3 Å². The number of carbonyl (C=O) groups excluding carboxylic acids is 1. The molecule has 0 radical (unpaired) electrons. The van der Waals surface area contributed by atoms with Crippen molar-refractivity contribution in [2.75, 3.05) is 11.9 Å². The van der Waals surface area contributed by atoms with Crippen LogP contribution in [-0.4, -0.2) is 23.2 Å². The first kappa shape index (κ1) is 16.2. The number of nitrogens with zero attached hydrogens (tertiary/aromatic N) is 3. The van der Waals surface area contributed by atoms with E-state index >= 15 is 0 Å². The van der Waals surface area contributed by atoms with Gasteiger partial charge in [-0.25, -0.2) is 5.43 Å². The van der Waals surface area contributed by atoms with Crippen LogP contribution in [0.25, 0.3) is 10.6 Å². The number of benzene rings is 1. The summed E-state index contributed by atoms with van der Waals surface area (Å²) in [6.07, 6.45) is 0. The minimum absolute atomic E-state index is 0.0651. The summed E-state index contributed by atoms with van der Waals surface area (Å²) in [7, 11) is 1.96. The van der Waals surface area contributed by atoms with Crippen molar-refractivity contribution >= 4 is 51.0 Å². The summed E-state index contributed by atoms with van der Waals surface area (Å²) in [5, 5.41) is 4.88. The second-order valence-corrected chi connectivity index (χ2v) is 7.76. The van der Waals surface area contributed by atoms with Gasteiger partial charge in [-0.15, -0.1) is 11.3 Å². The molecule has 1 aromatic heterocycles. The molecular formula is C17H16N4O2S2. The van der Waals surface area contributed by atoms with Crippen LogP contribution in [0.5, 0.6) is 0 Å². The number of amides is 1. The van der Waals surface area contributed by atoms with Crippen LogP contribution in [0.2, 0.25) is 0 Å². The van der Waals surface area contributed by atoms with Crippen molar-refractivity contribution < 1.29 is 4.79 Å². The molecule has 0 saturated carbocycles. The smallest absolute Gasteiger partial charge is 0.276 e. The molecule has 0 saturated heterocycles. The van der Waals surface area contributed by atoms with Crippen molar-refractivity contribution in [2.45, 2.75) is 25.3 Å². The Labute approximate surface area is 152 Å². The number of fused-ring (bicyclic) bond motifs is 1. The predicted molar refractivity (Wildman–Crippen MR) is 102 cm³/mol. The number of para-hydroxylation sites is 1. The minimum atomic E-state index is -0.256. The van der Waals surface area contributed by atoms with Gasteiger partial charge in [0.15, 0.2) is 0 Å². The molecule has 0 atom stereocenters. The number of nitrogens with one attached hydrogen (secondary N) is 1. The summed E-state index contributed by atoms with van der Waals surface area (Å²) >= 11 is 2.95. The number of carbonyl (C=O) groups is 1. The summed E-state index contributed by atoms with van der Waals surface area (Å²) in [4.78, 5) is 28.3. The molecule has 128 valence electrons. The van der Waals surface area contributed by atoms with Crippen LogP contribution < -0.4 is 25.1 Å². The van der Waals surface area contributed by atoms with Gasteiger partial charge in [0.1, 0.15) is 14.2 Å². The molecule has 6 nitrogen and oxygen atoms in total. The third-order valence-electron chi connectivity index (χ3n) is 4.26. The Hall–Kier alpha value is -2.32. The third-order valence-corrected chi connectivity index (χ3v) is 6.82. The van der Waals surface area contributed by atoms with Gasteiger partial charge < -0.3 is 4.90 Å². The van der Waals surface area contributed by atoms with Gasteiger partial charge in [-0.1, -0.05) is 23.9 Å². The first-order valence-electron chi connectivity index (χ1n) is 7.86. The highest BCUT2D eigenvalue weighted by Gasteiger charge is 2.26. The quantitative estimate of drug-likeness (QED) is 0.808. The zero-order valence-corrected chi connectivity index (χ0v) is 15.6. The van der Waals surface area contributed by atoms with E-state index in [-0.39, 0.29) is 11.5 Å². The van der Waals surface area contributed by atoms with Crippen molar-refractivity contribution in [1.29, 1.82) is 0 Å². The first-order valence-corrected chi connectivity index (χ1v) is 9.50. The third kappa shape index (κ3) is 2.36. The molecule has 1 N–H and O–H groups in total. The van der Waals surface area contributed by atoms with E-state index in [9.17, 15) is 9.59 Å². The minimum Gasteiger partial charge on any atom is -0.337 e. The SMILES string of the molecule is CCn1c(=C2C(=O)NN=C2C)sc(=C2Sc3ccccc3N2C)c1=O. The van der Waals surface area contributed by atoms with E-state index in [0.717, 1.165) is 15.6 Å². The van der Waals surface area contributed by atoms with Crippen LogP contribution in [0.1, 0.15) is 13.8 Å². The number of thioether (sulfide) groups is 1. The predicted octanol–water partition coefficient (Wildman–Crippen LogP) is 0.894. The molecule has 0 unspecified atom stereocenters. The average Bonchev–Trinajstić information content (AvgIpc) is 3.22. The van der Waals surface area contributed by atoms with Gasteiger partial charge in [-0.05, 0) is 26.0 Å². The summed E-state index contributed by atoms with van der Waals surface area (Å²) in [6.45, 7) is 4.19. The molecule has 3 heterocycles. The highest BCUT2D eigenvalue weighted by atomic mass is 32.2. The number of anilines is 1. The lowest BCUT2D eigenvalue weighted by Crippen LogP contribution is -2.34. The molecule has 8 heteroatoms. The number of hydrazone groups is 1. The molecule has 2 aliphatic heterocycles. The number of rotatable bonds is 1. The lowest BCUT2D eigenvalue weighted by molar-refractivity contribution is -0.115. The number of hydrogen-bond donors (Lipinski definition) is 1. The second kappa shape index (κ2) is 5.89. The van der Waals surface area contributed by atoms with Gasteiger partial charge in [0.25, 0.3) is 11.5 Å². The zero-order valence-electron chi connectivity index (χ0n) is 14.0. The fraction of sp³-hybridized carbons (Fsp3) is 0.235. The van der Waals surface area contributed by atoms with Crippen LogP contribution in [0.15, 0.2) is 39.1 Å². The molecule has 2 aromatic rings. The molecule has 25 heavy (non-hydrogen) atoms. The van der Waals surface area contributed by atoms with E-state index in [1.807, 2.05) is 43.1 Å². The van der Waals surface area contributed by atoms with Crippen LogP contribution in [0, 0.1) is 0 Å². The van der Waals surface area contributed by atoms with Gasteiger partial charge >= 0.3 is 0 Å². The van der Waals surface area contributed by atoms with Gasteiger partial charge in [0.2, 0.25) is 0 Å². The summed E-state index contributed by atoms with van der Waals surface area (Å²) < 4.78 is 2.97. The van der Waals surface area contributed by atoms with E-state index in [1.165, 1.54) is 11.3 Å². The molecular weight excluding hydrogens is 356 g/mol. The standard InChI is InChI=1S/C17H16N4O2S2/c1-4-21-15(23)13(25-16(21)12-9(2)18-19-14(12)22)17-20(3)10-7-5-6-8-11(10)24-17/h5-8H,4H2,1-3H3,(H,19,22). The number of thiazole rings is 1. The molecule has 0 bridgehead atoms. The maximum Gasteiger partial charge on any atom is 0.276 e. The fourth-order valence-electron chi connectivity index (χ4n) is 2.98. The number of aromatic nitrogens is 1. The average molecular weight is 372 g/mol. The van der Waals surface area contributed by atoms with Crippen molar-refractivity contribution in [3.8, 4) is 0 Å². The Balaban J connectivity index is 2.05. The number of hydrogen-bond acceptors (Lipinski definition) is 6. The van der Waals surface area contributed by atoms with Crippen LogP contribution in [0.4, 0.5) is 5.69 Å². The van der Waals surface area contributed by atoms with Gasteiger partial charge in [-0.3, -0.25) is 14.2 Å². The maximum atomic E-state index is 13.0. The van der Waals surface area contributed by atoms with Crippen LogP contribution in [0.3, 0.4) is 0 Å². The maximum absolute atomic E-state index is 13.0. The van der Waals surface area contributed by atoms with Crippen molar-refractivity contribution in [2.24, 2.45) is 5.10 Å². The molecule has 1 amide bonds. The molecule has 0 spiro atoms. The Morgan fingerprint density at radius 2 is 2.00 bits per heavy atom. The molecule has 0 fully saturated rings. The van der Waals surface area contributed by atoms with E-state index in [4.69, 9.17) is 0 Å².